The van der Waals surface area contributed by atoms with Crippen LogP contribution in [0.5, 0.6) is 0 Å². The van der Waals surface area contributed by atoms with Crippen LogP contribution in [-0.2, 0) is 4.79 Å². The molecule has 0 radical (unpaired) electrons. The average Bonchev–Trinajstić information content (AvgIpc) is 2.24. The minimum absolute atomic E-state index is 0.0390. The molecule has 86 valence electrons. The molecule has 0 unspecified atom stereocenters. The highest BCUT2D eigenvalue weighted by Crippen LogP contribution is 2.51. The highest BCUT2D eigenvalue weighted by molar-refractivity contribution is 6.27. The summed E-state index contributed by atoms with van der Waals surface area (Å²) in [5, 5.41) is 6.26. The Morgan fingerprint density at radius 2 is 2.07 bits per heavy atom. The van der Waals surface area contributed by atoms with Crippen LogP contribution in [0.2, 0.25) is 0 Å². The first-order valence-electron chi connectivity index (χ1n) is 5.77. The number of hydrogen-bond donors (Lipinski definition) is 2. The van der Waals surface area contributed by atoms with Crippen molar-refractivity contribution in [3.05, 3.63) is 0 Å². The molecule has 2 fully saturated rings. The highest BCUT2D eigenvalue weighted by atomic mass is 35.5. The van der Waals surface area contributed by atoms with Crippen molar-refractivity contribution in [1.82, 2.24) is 10.6 Å². The van der Waals surface area contributed by atoms with Crippen LogP contribution in [0, 0.1) is 11.3 Å². The van der Waals surface area contributed by atoms with Gasteiger partial charge < -0.3 is 10.6 Å². The van der Waals surface area contributed by atoms with E-state index >= 15 is 0 Å². The highest BCUT2D eigenvalue weighted by Gasteiger charge is 2.44. The number of carbonyl (C=O) groups is 1. The van der Waals surface area contributed by atoms with E-state index in [0.29, 0.717) is 11.3 Å². The third-order valence-corrected chi connectivity index (χ3v) is 4.06. The fraction of sp³-hybridized carbons (Fsp3) is 0.909. The number of halogens is 1. The van der Waals surface area contributed by atoms with Gasteiger partial charge in [-0.1, -0.05) is 0 Å². The molecular formula is C11H19ClN2O. The predicted octanol–water partition coefficient (Wildman–Crippen LogP) is 1.12. The third kappa shape index (κ3) is 2.64. The molecule has 0 aromatic rings. The Bertz CT molecular complexity index is 231. The normalized spacial score (nSPS) is 24.9. The van der Waals surface area contributed by atoms with Crippen LogP contribution in [0.3, 0.4) is 0 Å². The number of rotatable bonds is 3. The van der Waals surface area contributed by atoms with Gasteiger partial charge in [-0.05, 0) is 50.1 Å². The van der Waals surface area contributed by atoms with Gasteiger partial charge in [-0.2, -0.15) is 0 Å². The van der Waals surface area contributed by atoms with Gasteiger partial charge in [-0.3, -0.25) is 4.79 Å². The zero-order valence-corrected chi connectivity index (χ0v) is 9.78. The number of nitrogens with one attached hydrogen (secondary N) is 2. The van der Waals surface area contributed by atoms with Gasteiger partial charge in [0.2, 0.25) is 5.91 Å². The van der Waals surface area contributed by atoms with E-state index in [2.05, 4.69) is 10.6 Å². The summed E-state index contributed by atoms with van der Waals surface area (Å²) in [4.78, 5) is 11.0. The first-order chi connectivity index (χ1) is 7.24. The smallest absolute Gasteiger partial charge is 0.234 e. The van der Waals surface area contributed by atoms with Crippen LogP contribution < -0.4 is 10.6 Å². The minimum atomic E-state index is -0.0390. The Labute approximate surface area is 95.9 Å². The van der Waals surface area contributed by atoms with Crippen LogP contribution in [0.4, 0.5) is 0 Å². The lowest BCUT2D eigenvalue weighted by Crippen LogP contribution is -2.48. The van der Waals surface area contributed by atoms with E-state index in [4.69, 9.17) is 11.6 Å². The lowest BCUT2D eigenvalue weighted by Gasteiger charge is -2.50. The lowest BCUT2D eigenvalue weighted by atomic mass is 9.58. The molecule has 1 spiro atoms. The van der Waals surface area contributed by atoms with Crippen LogP contribution >= 0.6 is 11.6 Å². The second-order valence-corrected chi connectivity index (χ2v) is 5.23. The van der Waals surface area contributed by atoms with Crippen molar-refractivity contribution in [3.63, 3.8) is 0 Å². The van der Waals surface area contributed by atoms with Crippen molar-refractivity contribution >= 4 is 17.5 Å². The zero-order chi connectivity index (χ0) is 10.7. The summed E-state index contributed by atoms with van der Waals surface area (Å²) in [6.45, 7) is 3.16. The van der Waals surface area contributed by atoms with Gasteiger partial charge in [-0.15, -0.1) is 11.6 Å². The summed E-state index contributed by atoms with van der Waals surface area (Å²) in [6.07, 6.45) is 5.20. The Hall–Kier alpha value is -0.280. The quantitative estimate of drug-likeness (QED) is 0.714. The van der Waals surface area contributed by atoms with Gasteiger partial charge in [0.25, 0.3) is 0 Å². The van der Waals surface area contributed by atoms with Crippen molar-refractivity contribution in [2.45, 2.75) is 25.7 Å². The number of hydrogen-bond acceptors (Lipinski definition) is 2. The largest absolute Gasteiger partial charge is 0.355 e. The SMILES string of the molecule is O=C(CCl)NCC1CC2(CCNCC2)C1. The fourth-order valence-electron chi connectivity index (χ4n) is 2.98. The molecule has 2 aliphatic rings. The molecule has 0 atom stereocenters. The Kier molecular flexibility index (Phi) is 3.52. The molecule has 1 amide bonds. The fourth-order valence-corrected chi connectivity index (χ4v) is 3.07. The summed E-state index contributed by atoms with van der Waals surface area (Å²) in [7, 11) is 0. The molecule has 0 bridgehead atoms. The third-order valence-electron chi connectivity index (χ3n) is 3.82. The van der Waals surface area contributed by atoms with Gasteiger partial charge in [0, 0.05) is 6.54 Å². The molecule has 0 aromatic heterocycles. The average molecular weight is 231 g/mol. The summed E-state index contributed by atoms with van der Waals surface area (Å²) in [5.74, 6) is 0.736. The Morgan fingerprint density at radius 3 is 2.67 bits per heavy atom. The summed E-state index contributed by atoms with van der Waals surface area (Å²) in [5.41, 5.74) is 0.613. The minimum Gasteiger partial charge on any atom is -0.355 e. The lowest BCUT2D eigenvalue weighted by molar-refractivity contribution is -0.119. The molecule has 2 N–H and O–H groups in total. The van der Waals surface area contributed by atoms with E-state index in [1.165, 1.54) is 38.8 Å². The van der Waals surface area contributed by atoms with Crippen LogP contribution in [0.15, 0.2) is 0 Å². The maximum atomic E-state index is 11.0. The monoisotopic (exact) mass is 230 g/mol. The van der Waals surface area contributed by atoms with E-state index in [0.717, 1.165) is 6.54 Å². The number of amides is 1. The Balaban J connectivity index is 1.66. The molecule has 15 heavy (non-hydrogen) atoms. The van der Waals surface area contributed by atoms with Gasteiger partial charge >= 0.3 is 0 Å². The summed E-state index contributed by atoms with van der Waals surface area (Å²) < 4.78 is 0. The maximum absolute atomic E-state index is 11.0. The van der Waals surface area contributed by atoms with Crippen LogP contribution in [-0.4, -0.2) is 31.4 Å². The van der Waals surface area contributed by atoms with Crippen LogP contribution in [0.1, 0.15) is 25.7 Å². The number of alkyl halides is 1. The number of carbonyl (C=O) groups excluding carboxylic acids is 1. The predicted molar refractivity (Wildman–Crippen MR) is 61.0 cm³/mol. The molecule has 4 heteroatoms. The molecule has 0 aromatic carbocycles. The molecular weight excluding hydrogens is 212 g/mol. The van der Waals surface area contributed by atoms with Gasteiger partial charge in [0.05, 0.1) is 0 Å². The maximum Gasteiger partial charge on any atom is 0.234 e. The molecule has 1 saturated heterocycles. The van der Waals surface area contributed by atoms with Gasteiger partial charge in [0.15, 0.2) is 0 Å². The topological polar surface area (TPSA) is 41.1 Å². The van der Waals surface area contributed by atoms with Crippen molar-refractivity contribution < 1.29 is 4.79 Å². The van der Waals surface area contributed by atoms with E-state index < -0.39 is 0 Å². The first kappa shape index (κ1) is 11.2. The summed E-state index contributed by atoms with van der Waals surface area (Å²) in [6, 6.07) is 0. The van der Waals surface area contributed by atoms with Crippen molar-refractivity contribution in [2.24, 2.45) is 11.3 Å². The van der Waals surface area contributed by atoms with Gasteiger partial charge in [0.1, 0.15) is 5.88 Å². The second-order valence-electron chi connectivity index (χ2n) is 4.96. The summed E-state index contributed by atoms with van der Waals surface area (Å²) >= 11 is 5.42. The van der Waals surface area contributed by atoms with E-state index in [9.17, 15) is 4.79 Å². The van der Waals surface area contributed by atoms with E-state index in [-0.39, 0.29) is 11.8 Å². The second kappa shape index (κ2) is 4.71. The van der Waals surface area contributed by atoms with Gasteiger partial charge in [-0.25, -0.2) is 0 Å². The molecule has 1 heterocycles. The Morgan fingerprint density at radius 1 is 1.40 bits per heavy atom. The van der Waals surface area contributed by atoms with Crippen molar-refractivity contribution in [3.8, 4) is 0 Å². The standard InChI is InChI=1S/C11H19ClN2O/c12-7-10(15)14-8-9-5-11(6-9)1-3-13-4-2-11/h9,13H,1-8H2,(H,14,15). The number of piperidine rings is 1. The molecule has 3 nitrogen and oxygen atoms in total. The van der Waals surface area contributed by atoms with Crippen molar-refractivity contribution in [2.75, 3.05) is 25.5 Å². The first-order valence-corrected chi connectivity index (χ1v) is 6.31. The molecule has 2 rings (SSSR count). The zero-order valence-electron chi connectivity index (χ0n) is 9.02. The van der Waals surface area contributed by atoms with E-state index in [1.807, 2.05) is 0 Å². The van der Waals surface area contributed by atoms with Crippen molar-refractivity contribution in [1.29, 1.82) is 0 Å². The van der Waals surface area contributed by atoms with E-state index in [1.54, 1.807) is 0 Å². The molecule has 1 saturated carbocycles. The molecule has 1 aliphatic heterocycles. The molecule has 1 aliphatic carbocycles. The van der Waals surface area contributed by atoms with Crippen LogP contribution in [0.25, 0.3) is 0 Å².